The van der Waals surface area contributed by atoms with E-state index in [-0.39, 0.29) is 5.60 Å². The summed E-state index contributed by atoms with van der Waals surface area (Å²) in [5, 5.41) is 3.40. The molecule has 104 valence electrons. The highest BCUT2D eigenvalue weighted by Crippen LogP contribution is 2.17. The highest BCUT2D eigenvalue weighted by atomic mass is 16.5. The third kappa shape index (κ3) is 4.69. The summed E-state index contributed by atoms with van der Waals surface area (Å²) in [6, 6.07) is 0. The molecule has 0 saturated heterocycles. The smallest absolute Gasteiger partial charge is 0.203 e. The number of hydrogen-bond acceptors (Lipinski definition) is 3. The maximum absolute atomic E-state index is 5.75. The van der Waals surface area contributed by atoms with Gasteiger partial charge in [0, 0.05) is 19.3 Å². The Labute approximate surface area is 111 Å². The first-order valence-electron chi connectivity index (χ1n) is 6.90. The molecule has 1 aromatic heterocycles. The molecule has 0 aliphatic heterocycles. The van der Waals surface area contributed by atoms with Crippen LogP contribution >= 0.6 is 0 Å². The average Bonchev–Trinajstić information content (AvgIpc) is 2.58. The summed E-state index contributed by atoms with van der Waals surface area (Å²) in [7, 11) is 0. The zero-order valence-electron chi connectivity index (χ0n) is 12.4. The van der Waals surface area contributed by atoms with Crippen LogP contribution in [0, 0.1) is 6.92 Å². The van der Waals surface area contributed by atoms with Crippen molar-refractivity contribution in [2.24, 2.45) is 0 Å². The normalized spacial score (nSPS) is 11.8. The van der Waals surface area contributed by atoms with Crippen LogP contribution < -0.4 is 5.32 Å². The summed E-state index contributed by atoms with van der Waals surface area (Å²) in [4.78, 5) is 4.52. The van der Waals surface area contributed by atoms with Gasteiger partial charge in [-0.25, -0.2) is 4.98 Å². The molecule has 1 rings (SSSR count). The van der Waals surface area contributed by atoms with E-state index in [1.165, 1.54) is 12.8 Å². The van der Waals surface area contributed by atoms with E-state index in [1.54, 1.807) is 0 Å². The number of aromatic nitrogens is 2. The van der Waals surface area contributed by atoms with Crippen molar-refractivity contribution in [1.82, 2.24) is 9.55 Å². The first-order chi connectivity index (χ1) is 8.48. The lowest BCUT2D eigenvalue weighted by molar-refractivity contribution is -0.0220. The molecule has 0 unspecified atom stereocenters. The number of rotatable bonds is 8. The van der Waals surface area contributed by atoms with Gasteiger partial charge in [0.1, 0.15) is 0 Å². The quantitative estimate of drug-likeness (QED) is 0.723. The molecule has 0 aliphatic carbocycles. The van der Waals surface area contributed by atoms with Crippen LogP contribution in [0.5, 0.6) is 0 Å². The van der Waals surface area contributed by atoms with Gasteiger partial charge in [-0.05, 0) is 34.1 Å². The summed E-state index contributed by atoms with van der Waals surface area (Å²) < 4.78 is 7.90. The Bertz CT molecular complexity index is 358. The third-order valence-electron chi connectivity index (χ3n) is 2.80. The predicted octanol–water partition coefficient (Wildman–Crippen LogP) is 3.22. The molecule has 4 nitrogen and oxygen atoms in total. The number of nitrogens with zero attached hydrogens (tertiary/aromatic N) is 2. The number of unbranched alkanes of at least 4 members (excludes halogenated alkanes) is 1. The Morgan fingerprint density at radius 2 is 2.11 bits per heavy atom. The number of ether oxygens (including phenoxy) is 1. The van der Waals surface area contributed by atoms with E-state index in [4.69, 9.17) is 4.74 Å². The van der Waals surface area contributed by atoms with Crippen molar-refractivity contribution in [3.05, 3.63) is 11.9 Å². The minimum absolute atomic E-state index is 0.164. The largest absolute Gasteiger partial charge is 0.374 e. The van der Waals surface area contributed by atoms with Gasteiger partial charge in [0.25, 0.3) is 0 Å². The molecule has 1 aromatic rings. The Balaban J connectivity index is 2.69. The molecule has 1 N–H and O–H groups in total. The molecule has 4 heteroatoms. The number of aryl methyl sites for hydroxylation is 1. The van der Waals surface area contributed by atoms with Crippen LogP contribution in [0.1, 0.15) is 46.2 Å². The highest BCUT2D eigenvalue weighted by Gasteiger charge is 2.20. The predicted molar refractivity (Wildman–Crippen MR) is 76.1 cm³/mol. The molecule has 0 saturated carbocycles. The lowest BCUT2D eigenvalue weighted by atomic mass is 10.1. The van der Waals surface area contributed by atoms with Gasteiger partial charge in [0.15, 0.2) is 0 Å². The zero-order chi connectivity index (χ0) is 13.6. The average molecular weight is 253 g/mol. The van der Waals surface area contributed by atoms with E-state index in [1.807, 2.05) is 13.8 Å². The first kappa shape index (κ1) is 15.0. The second kappa shape index (κ2) is 6.78. The lowest BCUT2D eigenvalue weighted by Gasteiger charge is -2.26. The number of imidazole rings is 1. The molecule has 18 heavy (non-hydrogen) atoms. The summed E-state index contributed by atoms with van der Waals surface area (Å²) in [6.45, 7) is 13.0. The van der Waals surface area contributed by atoms with Crippen molar-refractivity contribution < 1.29 is 4.74 Å². The molecule has 0 aliphatic rings. The van der Waals surface area contributed by atoms with E-state index in [0.29, 0.717) is 0 Å². The van der Waals surface area contributed by atoms with Crippen molar-refractivity contribution in [2.75, 3.05) is 18.5 Å². The molecule has 0 fully saturated rings. The van der Waals surface area contributed by atoms with Crippen LogP contribution in [0.3, 0.4) is 0 Å². The minimum Gasteiger partial charge on any atom is -0.374 e. The lowest BCUT2D eigenvalue weighted by Crippen LogP contribution is -2.31. The number of anilines is 1. The van der Waals surface area contributed by atoms with Crippen molar-refractivity contribution in [2.45, 2.75) is 59.6 Å². The van der Waals surface area contributed by atoms with Crippen LogP contribution in [0.15, 0.2) is 6.20 Å². The van der Waals surface area contributed by atoms with Gasteiger partial charge in [-0.3, -0.25) is 0 Å². The van der Waals surface area contributed by atoms with Crippen LogP contribution in [0.4, 0.5) is 5.95 Å². The summed E-state index contributed by atoms with van der Waals surface area (Å²) in [5.74, 6) is 0.953. The zero-order valence-corrected chi connectivity index (χ0v) is 12.4. The first-order valence-corrected chi connectivity index (χ1v) is 6.90. The van der Waals surface area contributed by atoms with Crippen LogP contribution in [-0.4, -0.2) is 28.3 Å². The van der Waals surface area contributed by atoms with E-state index < -0.39 is 0 Å². The van der Waals surface area contributed by atoms with E-state index in [2.05, 4.69) is 41.8 Å². The van der Waals surface area contributed by atoms with Gasteiger partial charge in [-0.2, -0.15) is 0 Å². The van der Waals surface area contributed by atoms with Crippen molar-refractivity contribution in [3.63, 3.8) is 0 Å². The van der Waals surface area contributed by atoms with E-state index in [9.17, 15) is 0 Å². The van der Waals surface area contributed by atoms with Crippen LogP contribution in [0.25, 0.3) is 0 Å². The molecule has 0 amide bonds. The highest BCUT2D eigenvalue weighted by molar-refractivity contribution is 5.28. The van der Waals surface area contributed by atoms with Crippen molar-refractivity contribution >= 4 is 5.95 Å². The van der Waals surface area contributed by atoms with Gasteiger partial charge in [0.05, 0.1) is 17.8 Å². The standard InChI is InChI=1S/C14H27N3O/c1-6-8-9-15-13-16-12(3)10-17(13)11-14(4,5)18-7-2/h10H,6-9,11H2,1-5H3,(H,15,16). The molecular weight excluding hydrogens is 226 g/mol. The monoisotopic (exact) mass is 253 g/mol. The fourth-order valence-electron chi connectivity index (χ4n) is 2.03. The summed E-state index contributed by atoms with van der Waals surface area (Å²) in [6.07, 6.45) is 4.44. The second-order valence-electron chi connectivity index (χ2n) is 5.31. The van der Waals surface area contributed by atoms with E-state index >= 15 is 0 Å². The fourth-order valence-corrected chi connectivity index (χ4v) is 2.03. The fraction of sp³-hybridized carbons (Fsp3) is 0.786. The van der Waals surface area contributed by atoms with Gasteiger partial charge in [-0.15, -0.1) is 0 Å². The number of nitrogens with one attached hydrogen (secondary N) is 1. The number of hydrogen-bond donors (Lipinski definition) is 1. The maximum atomic E-state index is 5.75. The van der Waals surface area contributed by atoms with Gasteiger partial charge < -0.3 is 14.6 Å². The molecule has 0 spiro atoms. The summed E-state index contributed by atoms with van der Waals surface area (Å²) in [5.41, 5.74) is 0.879. The third-order valence-corrected chi connectivity index (χ3v) is 2.80. The molecular formula is C14H27N3O. The maximum Gasteiger partial charge on any atom is 0.203 e. The van der Waals surface area contributed by atoms with Crippen molar-refractivity contribution in [1.29, 1.82) is 0 Å². The Morgan fingerprint density at radius 3 is 2.72 bits per heavy atom. The van der Waals surface area contributed by atoms with E-state index in [0.717, 1.165) is 31.3 Å². The molecule has 1 heterocycles. The Hall–Kier alpha value is -1.03. The summed E-state index contributed by atoms with van der Waals surface area (Å²) >= 11 is 0. The van der Waals surface area contributed by atoms with Gasteiger partial charge >= 0.3 is 0 Å². The Morgan fingerprint density at radius 1 is 1.39 bits per heavy atom. The molecule has 0 radical (unpaired) electrons. The molecule has 0 atom stereocenters. The van der Waals surface area contributed by atoms with Crippen LogP contribution in [0.2, 0.25) is 0 Å². The minimum atomic E-state index is -0.164. The van der Waals surface area contributed by atoms with Crippen molar-refractivity contribution in [3.8, 4) is 0 Å². The topological polar surface area (TPSA) is 39.1 Å². The second-order valence-corrected chi connectivity index (χ2v) is 5.31. The van der Waals surface area contributed by atoms with Gasteiger partial charge in [0.2, 0.25) is 5.95 Å². The Kier molecular flexibility index (Phi) is 5.66. The SMILES string of the molecule is CCCCNc1nc(C)cn1CC(C)(C)OCC. The van der Waals surface area contributed by atoms with Crippen LogP contribution in [-0.2, 0) is 11.3 Å². The van der Waals surface area contributed by atoms with Gasteiger partial charge in [-0.1, -0.05) is 13.3 Å². The molecule has 0 bridgehead atoms. The molecule has 0 aromatic carbocycles.